The lowest BCUT2D eigenvalue weighted by Crippen LogP contribution is -2.64. The summed E-state index contributed by atoms with van der Waals surface area (Å²) in [5.41, 5.74) is -1.25. The summed E-state index contributed by atoms with van der Waals surface area (Å²) >= 11 is 6.10. The standard InChI is InChI=1S/C14H20ClNO8/c1-6(17)16-11-13(23-9(4)20)12(22-8(3)19)10(24-14(11)15)5-21-7(2)18/h10-14H,5H2,1-4H3,(H,16,17)/t10-,11-,12-,13-,14?/m1/s1/i2D,3D,4D. The molecule has 24 heavy (non-hydrogen) atoms. The van der Waals surface area contributed by atoms with Crippen LogP contribution in [0.4, 0.5) is 0 Å². The van der Waals surface area contributed by atoms with E-state index in [1.807, 2.05) is 0 Å². The van der Waals surface area contributed by atoms with Crippen LogP contribution < -0.4 is 5.32 Å². The molecule has 1 amide bonds. The lowest BCUT2D eigenvalue weighted by molar-refractivity contribution is -0.212. The van der Waals surface area contributed by atoms with E-state index in [0.29, 0.717) is 0 Å². The van der Waals surface area contributed by atoms with E-state index in [4.69, 9.17) is 34.7 Å². The summed E-state index contributed by atoms with van der Waals surface area (Å²) in [7, 11) is 0. The Balaban J connectivity index is 3.15. The number of halogens is 1. The van der Waals surface area contributed by atoms with E-state index in [9.17, 15) is 19.2 Å². The van der Waals surface area contributed by atoms with E-state index in [2.05, 4.69) is 5.32 Å². The summed E-state index contributed by atoms with van der Waals surface area (Å²) < 4.78 is 41.6. The number of carbonyl (C=O) groups excluding carboxylic acids is 4. The molecule has 1 rings (SSSR count). The summed E-state index contributed by atoms with van der Waals surface area (Å²) in [5, 5.41) is 2.42. The predicted molar refractivity (Wildman–Crippen MR) is 79.9 cm³/mol. The van der Waals surface area contributed by atoms with Gasteiger partial charge >= 0.3 is 17.9 Å². The quantitative estimate of drug-likeness (QED) is 0.405. The van der Waals surface area contributed by atoms with Gasteiger partial charge in [0, 0.05) is 31.7 Å². The van der Waals surface area contributed by atoms with E-state index in [-0.39, 0.29) is 0 Å². The van der Waals surface area contributed by atoms with Gasteiger partial charge in [-0.25, -0.2) is 0 Å². The number of esters is 3. The third kappa shape index (κ3) is 5.97. The summed E-state index contributed by atoms with van der Waals surface area (Å²) in [6, 6.07) is -1.13. The van der Waals surface area contributed by atoms with Crippen molar-refractivity contribution >= 4 is 35.4 Å². The first-order valence-corrected chi connectivity index (χ1v) is 7.16. The van der Waals surface area contributed by atoms with Crippen LogP contribution in [0.3, 0.4) is 0 Å². The van der Waals surface area contributed by atoms with Gasteiger partial charge in [0.1, 0.15) is 18.8 Å². The molecule has 1 saturated heterocycles. The number of ether oxygens (including phenoxy) is 4. The Labute approximate surface area is 148 Å². The van der Waals surface area contributed by atoms with Crippen molar-refractivity contribution < 1.29 is 42.2 Å². The monoisotopic (exact) mass is 368 g/mol. The average Bonchev–Trinajstić information content (AvgIpc) is 2.64. The van der Waals surface area contributed by atoms with Gasteiger partial charge in [0.25, 0.3) is 0 Å². The molecule has 0 saturated carbocycles. The molecule has 0 radical (unpaired) electrons. The molecule has 0 spiro atoms. The lowest BCUT2D eigenvalue weighted by Gasteiger charge is -2.43. The number of hydrogen-bond donors (Lipinski definition) is 1. The van der Waals surface area contributed by atoms with Gasteiger partial charge in [-0.05, 0) is 0 Å². The van der Waals surface area contributed by atoms with Gasteiger partial charge in [-0.3, -0.25) is 19.2 Å². The fraction of sp³-hybridized carbons (Fsp3) is 0.714. The zero-order chi connectivity index (χ0) is 20.6. The Hall–Kier alpha value is -1.87. The van der Waals surface area contributed by atoms with E-state index < -0.39 is 81.0 Å². The van der Waals surface area contributed by atoms with Crippen LogP contribution in [0.5, 0.6) is 0 Å². The molecule has 1 aliphatic heterocycles. The van der Waals surface area contributed by atoms with Crippen molar-refractivity contribution in [3.05, 3.63) is 0 Å². The molecule has 0 aromatic carbocycles. The van der Waals surface area contributed by atoms with Crippen molar-refractivity contribution in [3.63, 3.8) is 0 Å². The number of amides is 1. The van der Waals surface area contributed by atoms with Gasteiger partial charge < -0.3 is 24.3 Å². The maximum absolute atomic E-state index is 11.6. The Morgan fingerprint density at radius 3 is 2.21 bits per heavy atom. The van der Waals surface area contributed by atoms with E-state index in [0.717, 1.165) is 0 Å². The van der Waals surface area contributed by atoms with Gasteiger partial charge in [-0.15, -0.1) is 0 Å². The average molecular weight is 369 g/mol. The molecule has 0 aliphatic carbocycles. The van der Waals surface area contributed by atoms with Gasteiger partial charge in [0.05, 0.1) is 0 Å². The Morgan fingerprint density at radius 1 is 1.08 bits per heavy atom. The van der Waals surface area contributed by atoms with Gasteiger partial charge in [0.2, 0.25) is 5.91 Å². The van der Waals surface area contributed by atoms with Crippen LogP contribution in [0.1, 0.15) is 31.7 Å². The number of rotatable bonds is 5. The normalized spacial score (nSPS) is 30.9. The van der Waals surface area contributed by atoms with E-state index in [1.165, 1.54) is 6.92 Å². The number of carbonyl (C=O) groups is 4. The number of hydrogen-bond acceptors (Lipinski definition) is 8. The van der Waals surface area contributed by atoms with Crippen LogP contribution in [0.15, 0.2) is 0 Å². The van der Waals surface area contributed by atoms with Crippen molar-refractivity contribution in [2.45, 2.75) is 57.5 Å². The zero-order valence-corrected chi connectivity index (χ0v) is 13.6. The second-order valence-electron chi connectivity index (χ2n) is 4.84. The fourth-order valence-electron chi connectivity index (χ4n) is 2.17. The van der Waals surface area contributed by atoms with Crippen LogP contribution in [-0.4, -0.2) is 60.3 Å². The topological polar surface area (TPSA) is 117 Å². The molecule has 1 N–H and O–H groups in total. The number of alkyl halides is 1. The molecule has 1 aliphatic rings. The first-order chi connectivity index (χ1) is 12.7. The highest BCUT2D eigenvalue weighted by molar-refractivity contribution is 6.20. The summed E-state index contributed by atoms with van der Waals surface area (Å²) in [4.78, 5) is 46.0. The van der Waals surface area contributed by atoms with Crippen molar-refractivity contribution in [2.75, 3.05) is 6.61 Å². The molecular formula is C14H20ClNO8. The molecule has 0 bridgehead atoms. The largest absolute Gasteiger partial charge is 0.463 e. The van der Waals surface area contributed by atoms with Crippen LogP contribution in [0.2, 0.25) is 0 Å². The molecular weight excluding hydrogens is 346 g/mol. The molecule has 9 nitrogen and oxygen atoms in total. The molecule has 0 aromatic heterocycles. The maximum Gasteiger partial charge on any atom is 0.303 e. The zero-order valence-electron chi connectivity index (χ0n) is 15.9. The maximum atomic E-state index is 11.6. The van der Waals surface area contributed by atoms with Gasteiger partial charge in [-0.2, -0.15) is 0 Å². The first-order valence-electron chi connectivity index (χ1n) is 8.84. The van der Waals surface area contributed by atoms with E-state index in [1.54, 1.807) is 0 Å². The minimum Gasteiger partial charge on any atom is -0.463 e. The van der Waals surface area contributed by atoms with Crippen LogP contribution in [0, 0.1) is 0 Å². The molecule has 0 aromatic rings. The Bertz CT molecular complexity index is 566. The van der Waals surface area contributed by atoms with Crippen molar-refractivity contribution in [3.8, 4) is 0 Å². The second kappa shape index (κ2) is 8.84. The minimum absolute atomic E-state index is 0.474. The van der Waals surface area contributed by atoms with Gasteiger partial charge in [0.15, 0.2) is 17.8 Å². The highest BCUT2D eigenvalue weighted by Crippen LogP contribution is 2.28. The molecule has 1 unspecified atom stereocenters. The SMILES string of the molecule is [2H]CC(=O)OC[C@H]1OC(Cl)[C@H](NC(C)=O)[C@@H](OC(=O)C[2H])[C@@H]1OC(=O)C[2H]. The highest BCUT2D eigenvalue weighted by atomic mass is 35.5. The lowest BCUT2D eigenvalue weighted by atomic mass is 9.97. The molecule has 1 fully saturated rings. The summed E-state index contributed by atoms with van der Waals surface area (Å²) in [6.07, 6.45) is -3.91. The molecule has 10 heteroatoms. The molecule has 5 atom stereocenters. The Morgan fingerprint density at radius 2 is 1.67 bits per heavy atom. The van der Waals surface area contributed by atoms with Crippen molar-refractivity contribution in [2.24, 2.45) is 0 Å². The second-order valence-corrected chi connectivity index (χ2v) is 5.27. The van der Waals surface area contributed by atoms with E-state index >= 15 is 0 Å². The van der Waals surface area contributed by atoms with Gasteiger partial charge in [-0.1, -0.05) is 11.6 Å². The highest BCUT2D eigenvalue weighted by Gasteiger charge is 2.50. The fourth-order valence-corrected chi connectivity index (χ4v) is 2.51. The molecule has 136 valence electrons. The van der Waals surface area contributed by atoms with Crippen molar-refractivity contribution in [1.82, 2.24) is 5.32 Å². The van der Waals surface area contributed by atoms with Crippen molar-refractivity contribution in [1.29, 1.82) is 0 Å². The van der Waals surface area contributed by atoms with Crippen LogP contribution >= 0.6 is 11.6 Å². The third-order valence-corrected chi connectivity index (χ3v) is 3.32. The van der Waals surface area contributed by atoms with Crippen LogP contribution in [0.25, 0.3) is 0 Å². The molecule has 1 heterocycles. The predicted octanol–water partition coefficient (Wildman–Crippen LogP) is -0.119. The van der Waals surface area contributed by atoms with Crippen LogP contribution in [-0.2, 0) is 38.1 Å². The summed E-state index contributed by atoms with van der Waals surface area (Å²) in [5.74, 6) is -3.37. The first kappa shape index (κ1) is 15.6. The third-order valence-electron chi connectivity index (χ3n) is 2.94. The Kier molecular flexibility index (Phi) is 5.76. The summed E-state index contributed by atoms with van der Waals surface area (Å²) in [6.45, 7) is -1.43. The number of nitrogens with one attached hydrogen (secondary N) is 1. The minimum atomic E-state index is -1.37. The smallest absolute Gasteiger partial charge is 0.303 e.